The minimum Gasteiger partial charge on any atom is -0.444 e. The summed E-state index contributed by atoms with van der Waals surface area (Å²) in [4.78, 5) is 37.8. The molecule has 3 aromatic carbocycles. The molecule has 2 amide bonds. The number of hydrogen-bond donors (Lipinski definition) is 2. The average Bonchev–Trinajstić information content (AvgIpc) is 2.96. The molecule has 1 heterocycles. The van der Waals surface area contributed by atoms with E-state index in [2.05, 4.69) is 10.6 Å². The molecule has 10 heteroatoms. The minimum atomic E-state index is -0.634. The van der Waals surface area contributed by atoms with Gasteiger partial charge in [0.15, 0.2) is 0 Å². The maximum absolute atomic E-state index is 12.8. The fourth-order valence-electron chi connectivity index (χ4n) is 4.20. The molecule has 2 atom stereocenters. The zero-order valence-corrected chi connectivity index (χ0v) is 27.6. The SMILES string of the molecule is CC(C)(C)OC(=O)NC[C@@H](Sc1ccccc1)c1nc2ccccc2nc1[C@@H](CNC(=O)OC(C)(C)C)Sc1ccccc1. The summed E-state index contributed by atoms with van der Waals surface area (Å²) in [5, 5.41) is 5.26. The molecule has 1 aromatic heterocycles. The third kappa shape index (κ3) is 10.4. The predicted octanol–water partition coefficient (Wildman–Crippen LogP) is 8.35. The molecule has 0 spiro atoms. The molecule has 0 bridgehead atoms. The smallest absolute Gasteiger partial charge is 0.407 e. The van der Waals surface area contributed by atoms with Crippen LogP contribution in [-0.4, -0.2) is 46.4 Å². The number of nitrogens with zero attached hydrogens (tertiary/aromatic N) is 2. The van der Waals surface area contributed by atoms with Crippen LogP contribution < -0.4 is 10.6 Å². The number of thioether (sulfide) groups is 2. The number of rotatable bonds is 10. The van der Waals surface area contributed by atoms with Crippen molar-refractivity contribution in [3.63, 3.8) is 0 Å². The number of para-hydroxylation sites is 2. The first-order valence-corrected chi connectivity index (χ1v) is 16.3. The maximum Gasteiger partial charge on any atom is 0.407 e. The molecule has 0 aliphatic heterocycles. The molecule has 0 saturated carbocycles. The maximum atomic E-state index is 12.8. The highest BCUT2D eigenvalue weighted by molar-refractivity contribution is 8.00. The first kappa shape index (κ1) is 33.1. The molecule has 232 valence electrons. The van der Waals surface area contributed by atoms with Crippen LogP contribution in [0, 0.1) is 0 Å². The van der Waals surface area contributed by atoms with Gasteiger partial charge in [0.05, 0.1) is 32.9 Å². The van der Waals surface area contributed by atoms with Crippen LogP contribution in [0.25, 0.3) is 11.0 Å². The largest absolute Gasteiger partial charge is 0.444 e. The van der Waals surface area contributed by atoms with Gasteiger partial charge in [-0.1, -0.05) is 48.5 Å². The van der Waals surface area contributed by atoms with Crippen molar-refractivity contribution in [1.82, 2.24) is 20.6 Å². The van der Waals surface area contributed by atoms with Crippen LogP contribution in [0.15, 0.2) is 94.7 Å². The van der Waals surface area contributed by atoms with Gasteiger partial charge in [0.1, 0.15) is 11.2 Å². The van der Waals surface area contributed by atoms with E-state index in [1.807, 2.05) is 126 Å². The highest BCUT2D eigenvalue weighted by Crippen LogP contribution is 2.42. The molecule has 2 N–H and O–H groups in total. The van der Waals surface area contributed by atoms with E-state index in [-0.39, 0.29) is 23.6 Å². The van der Waals surface area contributed by atoms with Crippen molar-refractivity contribution in [3.05, 3.63) is 96.3 Å². The number of alkyl carbamates (subject to hydrolysis) is 2. The van der Waals surface area contributed by atoms with Crippen LogP contribution in [0.3, 0.4) is 0 Å². The highest BCUT2D eigenvalue weighted by Gasteiger charge is 2.29. The lowest BCUT2D eigenvalue weighted by Gasteiger charge is -2.26. The molecular formula is C34H40N4O4S2. The highest BCUT2D eigenvalue weighted by atomic mass is 32.2. The van der Waals surface area contributed by atoms with E-state index in [4.69, 9.17) is 19.4 Å². The summed E-state index contributed by atoms with van der Waals surface area (Å²) in [6.45, 7) is 11.5. The van der Waals surface area contributed by atoms with Crippen molar-refractivity contribution >= 4 is 46.7 Å². The second-order valence-corrected chi connectivity index (χ2v) is 14.6. The Hall–Kier alpha value is -3.76. The van der Waals surface area contributed by atoms with Gasteiger partial charge in [-0.3, -0.25) is 0 Å². The van der Waals surface area contributed by atoms with Crippen molar-refractivity contribution < 1.29 is 19.1 Å². The van der Waals surface area contributed by atoms with E-state index in [1.54, 1.807) is 23.5 Å². The lowest BCUT2D eigenvalue weighted by atomic mass is 10.1. The summed E-state index contributed by atoms with van der Waals surface area (Å²) in [6.07, 6.45) is -1.01. The third-order valence-corrected chi connectivity index (χ3v) is 8.38. The summed E-state index contributed by atoms with van der Waals surface area (Å²) >= 11 is 3.17. The Bertz CT molecular complexity index is 1420. The van der Waals surface area contributed by atoms with Gasteiger partial charge in [0.25, 0.3) is 0 Å². The van der Waals surface area contributed by atoms with Crippen LogP contribution in [0.2, 0.25) is 0 Å². The fraction of sp³-hybridized carbons (Fsp3) is 0.353. The van der Waals surface area contributed by atoms with Gasteiger partial charge in [-0.05, 0) is 77.9 Å². The zero-order valence-electron chi connectivity index (χ0n) is 26.0. The topological polar surface area (TPSA) is 102 Å². The summed E-state index contributed by atoms with van der Waals surface area (Å²) in [5.41, 5.74) is 1.65. The number of amides is 2. The van der Waals surface area contributed by atoms with E-state index in [9.17, 15) is 9.59 Å². The average molecular weight is 633 g/mol. The van der Waals surface area contributed by atoms with Gasteiger partial charge in [0, 0.05) is 22.9 Å². The third-order valence-electron chi connectivity index (χ3n) is 5.94. The molecular weight excluding hydrogens is 593 g/mol. The Morgan fingerprint density at radius 1 is 0.614 bits per heavy atom. The number of benzene rings is 3. The van der Waals surface area contributed by atoms with Crippen molar-refractivity contribution in [2.75, 3.05) is 13.1 Å². The summed E-state index contributed by atoms with van der Waals surface area (Å²) < 4.78 is 11.1. The predicted molar refractivity (Wildman–Crippen MR) is 178 cm³/mol. The van der Waals surface area contributed by atoms with Crippen LogP contribution in [0.1, 0.15) is 63.4 Å². The summed E-state index contributed by atoms with van der Waals surface area (Å²) in [5.74, 6) is 0. The standard InChI is InChI=1S/C34H40N4O4S2/c1-33(2,3)41-31(39)35-21-27(43-23-15-9-7-10-16-23)29-30(38-26-20-14-13-19-25(26)37-29)28(44-24-17-11-8-12-18-24)22-36-32(40)42-34(4,5)6/h7-20,27-28H,21-22H2,1-6H3,(H,35,39)(H,36,40)/t27-,28-/m1/s1. The van der Waals surface area contributed by atoms with Crippen molar-refractivity contribution in [2.24, 2.45) is 0 Å². The first-order chi connectivity index (χ1) is 20.9. The van der Waals surface area contributed by atoms with Gasteiger partial charge >= 0.3 is 12.2 Å². The minimum absolute atomic E-state index is 0.247. The van der Waals surface area contributed by atoms with Crippen LogP contribution >= 0.6 is 23.5 Å². The normalized spacial score (nSPS) is 13.1. The molecule has 4 aromatic rings. The molecule has 44 heavy (non-hydrogen) atoms. The molecule has 8 nitrogen and oxygen atoms in total. The van der Waals surface area contributed by atoms with Crippen molar-refractivity contribution in [3.8, 4) is 0 Å². The fourth-order valence-corrected chi connectivity index (χ4v) is 6.39. The van der Waals surface area contributed by atoms with Gasteiger partial charge in [0.2, 0.25) is 0 Å². The van der Waals surface area contributed by atoms with Crippen molar-refractivity contribution in [2.45, 2.75) is 73.0 Å². The molecule has 0 aliphatic carbocycles. The second kappa shape index (κ2) is 14.8. The molecule has 0 radical (unpaired) electrons. The van der Waals surface area contributed by atoms with Gasteiger partial charge in [-0.25, -0.2) is 19.6 Å². The van der Waals surface area contributed by atoms with E-state index in [0.717, 1.165) is 20.8 Å². The monoisotopic (exact) mass is 632 g/mol. The van der Waals surface area contributed by atoms with Crippen LogP contribution in [-0.2, 0) is 9.47 Å². The lowest BCUT2D eigenvalue weighted by molar-refractivity contribution is 0.0515. The van der Waals surface area contributed by atoms with E-state index in [1.165, 1.54) is 0 Å². The second-order valence-electron chi connectivity index (χ2n) is 12.1. The van der Waals surface area contributed by atoms with E-state index >= 15 is 0 Å². The van der Waals surface area contributed by atoms with Crippen molar-refractivity contribution in [1.29, 1.82) is 0 Å². The number of nitrogens with one attached hydrogen (secondary N) is 2. The summed E-state index contributed by atoms with van der Waals surface area (Å²) in [7, 11) is 0. The molecule has 0 fully saturated rings. The van der Waals surface area contributed by atoms with Gasteiger partial charge < -0.3 is 20.1 Å². The molecule has 4 rings (SSSR count). The molecule has 0 unspecified atom stereocenters. The number of hydrogen-bond acceptors (Lipinski definition) is 8. The molecule has 0 saturated heterocycles. The quantitative estimate of drug-likeness (QED) is 0.168. The number of carbonyl (C=O) groups is 2. The Morgan fingerprint density at radius 3 is 1.30 bits per heavy atom. The van der Waals surface area contributed by atoms with Crippen LogP contribution in [0.4, 0.5) is 9.59 Å². The van der Waals surface area contributed by atoms with Gasteiger partial charge in [-0.2, -0.15) is 0 Å². The number of carbonyl (C=O) groups excluding carboxylic acids is 2. The number of aromatic nitrogens is 2. The Labute approximate surface area is 268 Å². The number of ether oxygens (including phenoxy) is 2. The van der Waals surface area contributed by atoms with Crippen LogP contribution in [0.5, 0.6) is 0 Å². The zero-order chi connectivity index (χ0) is 31.7. The Balaban J connectivity index is 1.78. The molecule has 0 aliphatic rings. The van der Waals surface area contributed by atoms with Gasteiger partial charge in [-0.15, -0.1) is 23.5 Å². The van der Waals surface area contributed by atoms with E-state index < -0.39 is 23.4 Å². The Kier molecular flexibility index (Phi) is 11.2. The summed E-state index contributed by atoms with van der Waals surface area (Å²) in [6, 6.07) is 27.7. The van der Waals surface area contributed by atoms with E-state index in [0.29, 0.717) is 11.4 Å². The Morgan fingerprint density at radius 2 is 0.955 bits per heavy atom. The first-order valence-electron chi connectivity index (χ1n) is 14.5. The lowest BCUT2D eigenvalue weighted by Crippen LogP contribution is -2.35. The number of fused-ring (bicyclic) bond motifs is 1.